The first-order valence-corrected chi connectivity index (χ1v) is 9.45. The van der Waals surface area contributed by atoms with E-state index in [-0.39, 0.29) is 5.91 Å². The van der Waals surface area contributed by atoms with Crippen molar-refractivity contribution in [2.24, 2.45) is 0 Å². The van der Waals surface area contributed by atoms with Crippen molar-refractivity contribution in [3.63, 3.8) is 0 Å². The van der Waals surface area contributed by atoms with Crippen LogP contribution in [0.25, 0.3) is 10.2 Å². The number of hydrogen-bond acceptors (Lipinski definition) is 4. The molecule has 1 unspecified atom stereocenters. The van der Waals surface area contributed by atoms with Crippen molar-refractivity contribution in [2.45, 2.75) is 11.4 Å². The van der Waals surface area contributed by atoms with Crippen molar-refractivity contribution < 1.29 is 9.00 Å². The van der Waals surface area contributed by atoms with Gasteiger partial charge in [0.05, 0.1) is 16.8 Å². The van der Waals surface area contributed by atoms with Gasteiger partial charge in [-0.15, -0.1) is 11.3 Å². The summed E-state index contributed by atoms with van der Waals surface area (Å²) >= 11 is 1.60. The minimum atomic E-state index is -1.03. The molecule has 0 aliphatic rings. The molecule has 0 bridgehead atoms. The van der Waals surface area contributed by atoms with Crippen LogP contribution in [-0.4, -0.2) is 33.3 Å². The van der Waals surface area contributed by atoms with Crippen molar-refractivity contribution in [3.05, 3.63) is 59.1 Å². The van der Waals surface area contributed by atoms with E-state index < -0.39 is 10.8 Å². The van der Waals surface area contributed by atoms with E-state index in [1.807, 2.05) is 24.3 Å². The number of rotatable bonds is 4. The standard InChI is InChI=1S/C17H16N2O2S2/c1-19(11-16-18-14-5-3-4-6-15(14)22-16)17(20)12-7-9-13(10-8-12)23(2)21/h3-10H,11H2,1-2H3. The van der Waals surface area contributed by atoms with Crippen molar-refractivity contribution >= 4 is 38.3 Å². The molecular formula is C17H16N2O2S2. The Bertz CT molecular complexity index is 839. The number of carbonyl (C=O) groups is 1. The second-order valence-electron chi connectivity index (χ2n) is 5.22. The quantitative estimate of drug-likeness (QED) is 0.730. The number of benzene rings is 2. The molecule has 0 saturated carbocycles. The van der Waals surface area contributed by atoms with Gasteiger partial charge in [-0.2, -0.15) is 0 Å². The van der Waals surface area contributed by atoms with E-state index in [1.54, 1.807) is 53.8 Å². The molecule has 118 valence electrons. The molecule has 0 radical (unpaired) electrons. The van der Waals surface area contributed by atoms with Gasteiger partial charge in [-0.05, 0) is 36.4 Å². The monoisotopic (exact) mass is 344 g/mol. The number of para-hydroxylation sites is 1. The first kappa shape index (κ1) is 15.8. The molecule has 3 aromatic rings. The molecule has 4 nitrogen and oxygen atoms in total. The maximum Gasteiger partial charge on any atom is 0.253 e. The zero-order valence-electron chi connectivity index (χ0n) is 12.9. The van der Waals surface area contributed by atoms with Crippen LogP contribution in [0.1, 0.15) is 15.4 Å². The van der Waals surface area contributed by atoms with Crippen molar-refractivity contribution in [3.8, 4) is 0 Å². The smallest absolute Gasteiger partial charge is 0.253 e. The number of nitrogens with zero attached hydrogens (tertiary/aromatic N) is 2. The third-order valence-corrected chi connectivity index (χ3v) is 5.45. The lowest BCUT2D eigenvalue weighted by Gasteiger charge is -2.15. The minimum Gasteiger partial charge on any atom is -0.335 e. The van der Waals surface area contributed by atoms with E-state index in [9.17, 15) is 9.00 Å². The van der Waals surface area contributed by atoms with Gasteiger partial charge in [0.1, 0.15) is 5.01 Å². The fourth-order valence-electron chi connectivity index (χ4n) is 2.27. The van der Waals surface area contributed by atoms with Gasteiger partial charge in [-0.25, -0.2) is 4.98 Å². The number of fused-ring (bicyclic) bond motifs is 1. The van der Waals surface area contributed by atoms with Gasteiger partial charge in [0.15, 0.2) is 0 Å². The summed E-state index contributed by atoms with van der Waals surface area (Å²) in [6.45, 7) is 0.472. The second kappa shape index (κ2) is 6.60. The van der Waals surface area contributed by atoms with Gasteiger partial charge >= 0.3 is 0 Å². The van der Waals surface area contributed by atoms with Crippen LogP contribution in [0.4, 0.5) is 0 Å². The van der Waals surface area contributed by atoms with E-state index >= 15 is 0 Å². The average Bonchev–Trinajstić information content (AvgIpc) is 2.96. The molecular weight excluding hydrogens is 328 g/mol. The Morgan fingerprint density at radius 2 is 1.87 bits per heavy atom. The molecule has 1 amide bonds. The van der Waals surface area contributed by atoms with Crippen LogP contribution >= 0.6 is 11.3 Å². The highest BCUT2D eigenvalue weighted by Crippen LogP contribution is 2.22. The highest BCUT2D eigenvalue weighted by atomic mass is 32.2. The number of carbonyl (C=O) groups excluding carboxylic acids is 1. The van der Waals surface area contributed by atoms with Crippen LogP contribution < -0.4 is 0 Å². The molecule has 2 aromatic carbocycles. The number of hydrogen-bond donors (Lipinski definition) is 0. The topological polar surface area (TPSA) is 50.3 Å². The molecule has 0 aliphatic heterocycles. The Kier molecular flexibility index (Phi) is 4.54. The molecule has 1 aromatic heterocycles. The van der Waals surface area contributed by atoms with E-state index in [2.05, 4.69) is 4.98 Å². The first-order chi connectivity index (χ1) is 11.0. The van der Waals surface area contributed by atoms with Crippen LogP contribution in [-0.2, 0) is 17.3 Å². The normalized spacial score (nSPS) is 12.3. The van der Waals surface area contributed by atoms with Crippen LogP contribution in [0.5, 0.6) is 0 Å². The van der Waals surface area contributed by atoms with Gasteiger partial charge in [0.2, 0.25) is 0 Å². The Hall–Kier alpha value is -2.05. The largest absolute Gasteiger partial charge is 0.335 e. The van der Waals surface area contributed by atoms with Gasteiger partial charge in [-0.1, -0.05) is 12.1 Å². The summed E-state index contributed by atoms with van der Waals surface area (Å²) in [5.41, 5.74) is 1.55. The first-order valence-electron chi connectivity index (χ1n) is 7.08. The zero-order chi connectivity index (χ0) is 16.4. The van der Waals surface area contributed by atoms with Crippen molar-refractivity contribution in [2.75, 3.05) is 13.3 Å². The molecule has 1 heterocycles. The third-order valence-electron chi connectivity index (χ3n) is 3.49. The lowest BCUT2D eigenvalue weighted by molar-refractivity contribution is 0.0785. The van der Waals surface area contributed by atoms with Crippen LogP contribution in [0.15, 0.2) is 53.4 Å². The zero-order valence-corrected chi connectivity index (χ0v) is 14.5. The van der Waals surface area contributed by atoms with Crippen molar-refractivity contribution in [1.82, 2.24) is 9.88 Å². The molecule has 23 heavy (non-hydrogen) atoms. The van der Waals surface area contributed by atoms with Gasteiger partial charge in [-0.3, -0.25) is 9.00 Å². The van der Waals surface area contributed by atoms with Gasteiger partial charge < -0.3 is 4.90 Å². The summed E-state index contributed by atoms with van der Waals surface area (Å²) in [5, 5.41) is 0.910. The van der Waals surface area contributed by atoms with E-state index in [0.29, 0.717) is 12.1 Å². The van der Waals surface area contributed by atoms with E-state index in [1.165, 1.54) is 0 Å². The lowest BCUT2D eigenvalue weighted by Crippen LogP contribution is -2.26. The Morgan fingerprint density at radius 1 is 1.17 bits per heavy atom. The highest BCUT2D eigenvalue weighted by molar-refractivity contribution is 7.84. The van der Waals surface area contributed by atoms with Crippen molar-refractivity contribution in [1.29, 1.82) is 0 Å². The molecule has 0 N–H and O–H groups in total. The third kappa shape index (κ3) is 3.48. The summed E-state index contributed by atoms with van der Waals surface area (Å²) in [6.07, 6.45) is 1.62. The number of amides is 1. The molecule has 0 saturated heterocycles. The van der Waals surface area contributed by atoms with Crippen LogP contribution in [0.2, 0.25) is 0 Å². The molecule has 0 fully saturated rings. The second-order valence-corrected chi connectivity index (χ2v) is 7.71. The van der Waals surface area contributed by atoms with Crippen LogP contribution in [0.3, 0.4) is 0 Å². The Morgan fingerprint density at radius 3 is 2.52 bits per heavy atom. The predicted molar refractivity (Wildman–Crippen MR) is 94.2 cm³/mol. The average molecular weight is 344 g/mol. The number of aromatic nitrogens is 1. The fraction of sp³-hybridized carbons (Fsp3) is 0.176. The Labute approximate surface area is 141 Å². The lowest BCUT2D eigenvalue weighted by atomic mass is 10.2. The number of thiazole rings is 1. The van der Waals surface area contributed by atoms with Gasteiger partial charge in [0, 0.05) is 34.6 Å². The molecule has 6 heteroatoms. The fourth-order valence-corrected chi connectivity index (χ4v) is 3.81. The minimum absolute atomic E-state index is 0.0716. The summed E-state index contributed by atoms with van der Waals surface area (Å²) in [5.74, 6) is -0.0716. The summed E-state index contributed by atoms with van der Waals surface area (Å²) in [7, 11) is 0.729. The van der Waals surface area contributed by atoms with E-state index in [0.717, 1.165) is 20.1 Å². The molecule has 3 rings (SSSR count). The predicted octanol–water partition coefficient (Wildman–Crippen LogP) is 3.31. The highest BCUT2D eigenvalue weighted by Gasteiger charge is 2.14. The van der Waals surface area contributed by atoms with Crippen LogP contribution in [0, 0.1) is 0 Å². The molecule has 1 atom stereocenters. The molecule has 0 aliphatic carbocycles. The Balaban J connectivity index is 1.75. The summed E-state index contributed by atoms with van der Waals surface area (Å²) < 4.78 is 12.5. The summed E-state index contributed by atoms with van der Waals surface area (Å²) in [4.78, 5) is 19.4. The molecule has 0 spiro atoms. The van der Waals surface area contributed by atoms with E-state index in [4.69, 9.17) is 0 Å². The SMILES string of the molecule is CN(Cc1nc2ccccc2s1)C(=O)c1ccc(S(C)=O)cc1. The maximum absolute atomic E-state index is 12.5. The van der Waals surface area contributed by atoms with Gasteiger partial charge in [0.25, 0.3) is 5.91 Å². The summed E-state index contributed by atoms with van der Waals surface area (Å²) in [6, 6.07) is 14.8. The maximum atomic E-state index is 12.5.